The molecule has 2 fully saturated rings. The number of amides is 1. The summed E-state index contributed by atoms with van der Waals surface area (Å²) in [6.07, 6.45) is 3.65. The fourth-order valence-electron chi connectivity index (χ4n) is 3.56. The molecule has 140 valence electrons. The van der Waals surface area contributed by atoms with Crippen molar-refractivity contribution < 1.29 is 13.2 Å². The minimum absolute atomic E-state index is 0.00628. The molecule has 2 saturated heterocycles. The zero-order valence-corrected chi connectivity index (χ0v) is 16.3. The lowest BCUT2D eigenvalue weighted by molar-refractivity contribution is -0.126. The Morgan fingerprint density at radius 1 is 1.40 bits per heavy atom. The van der Waals surface area contributed by atoms with Crippen LogP contribution < -0.4 is 10.6 Å². The SMILES string of the molecule is Cc1ccc(S(=O)(=O)N2CCCC(C(=O)NCCC3CCNC3)C2)s1. The van der Waals surface area contributed by atoms with Gasteiger partial charge in [0, 0.05) is 24.5 Å². The first-order valence-electron chi connectivity index (χ1n) is 9.02. The Hall–Kier alpha value is -0.960. The maximum Gasteiger partial charge on any atom is 0.252 e. The molecule has 6 nitrogen and oxygen atoms in total. The van der Waals surface area contributed by atoms with Gasteiger partial charge in [-0.3, -0.25) is 4.79 Å². The molecular formula is C17H27N3O3S2. The van der Waals surface area contributed by atoms with Crippen LogP contribution in [-0.2, 0) is 14.8 Å². The van der Waals surface area contributed by atoms with Crippen LogP contribution in [0.4, 0.5) is 0 Å². The van der Waals surface area contributed by atoms with Crippen molar-refractivity contribution in [3.63, 3.8) is 0 Å². The predicted molar refractivity (Wildman–Crippen MR) is 99.1 cm³/mol. The largest absolute Gasteiger partial charge is 0.356 e. The van der Waals surface area contributed by atoms with Crippen LogP contribution in [0.2, 0.25) is 0 Å². The summed E-state index contributed by atoms with van der Waals surface area (Å²) in [6.45, 7) is 5.46. The number of nitrogens with zero attached hydrogens (tertiary/aromatic N) is 1. The quantitative estimate of drug-likeness (QED) is 0.779. The molecule has 0 spiro atoms. The van der Waals surface area contributed by atoms with Crippen molar-refractivity contribution in [2.24, 2.45) is 11.8 Å². The van der Waals surface area contributed by atoms with E-state index in [9.17, 15) is 13.2 Å². The lowest BCUT2D eigenvalue weighted by Gasteiger charge is -2.30. The summed E-state index contributed by atoms with van der Waals surface area (Å²) in [4.78, 5) is 13.4. The molecule has 0 bridgehead atoms. The van der Waals surface area contributed by atoms with Gasteiger partial charge < -0.3 is 10.6 Å². The molecule has 2 aliphatic rings. The standard InChI is InChI=1S/C17H27N3O3S2/c1-13-4-5-16(24-13)25(22,23)20-10-2-3-15(12-20)17(21)19-9-7-14-6-8-18-11-14/h4-5,14-15,18H,2-3,6-12H2,1H3,(H,19,21). The van der Waals surface area contributed by atoms with Gasteiger partial charge in [0.15, 0.2) is 0 Å². The van der Waals surface area contributed by atoms with Crippen molar-refractivity contribution in [1.29, 1.82) is 0 Å². The van der Waals surface area contributed by atoms with E-state index in [4.69, 9.17) is 0 Å². The Bertz CT molecular complexity index is 696. The van der Waals surface area contributed by atoms with E-state index < -0.39 is 10.0 Å². The summed E-state index contributed by atoms with van der Waals surface area (Å²) in [5.74, 6) is 0.394. The average molecular weight is 386 g/mol. The monoisotopic (exact) mass is 385 g/mol. The topological polar surface area (TPSA) is 78.5 Å². The smallest absolute Gasteiger partial charge is 0.252 e. The number of sulfonamides is 1. The van der Waals surface area contributed by atoms with Crippen LogP contribution in [0.5, 0.6) is 0 Å². The fourth-order valence-corrected chi connectivity index (χ4v) is 6.52. The Kier molecular flexibility index (Phi) is 6.14. The molecule has 1 aromatic rings. The first-order chi connectivity index (χ1) is 12.0. The number of hydrogen-bond donors (Lipinski definition) is 2. The second-order valence-corrected chi connectivity index (χ2v) is 10.5. The van der Waals surface area contributed by atoms with Gasteiger partial charge in [-0.2, -0.15) is 4.31 Å². The second-order valence-electron chi connectivity index (χ2n) is 7.01. The molecule has 2 N–H and O–H groups in total. The van der Waals surface area contributed by atoms with Gasteiger partial charge in [0.1, 0.15) is 4.21 Å². The van der Waals surface area contributed by atoms with Crippen molar-refractivity contribution in [2.75, 3.05) is 32.7 Å². The first kappa shape index (κ1) is 18.8. The molecule has 8 heteroatoms. The Morgan fingerprint density at radius 3 is 2.92 bits per heavy atom. The summed E-state index contributed by atoms with van der Waals surface area (Å²) >= 11 is 1.29. The number of carbonyl (C=O) groups is 1. The number of aryl methyl sites for hydroxylation is 1. The first-order valence-corrected chi connectivity index (χ1v) is 11.3. The van der Waals surface area contributed by atoms with E-state index >= 15 is 0 Å². The van der Waals surface area contributed by atoms with E-state index in [1.165, 1.54) is 22.1 Å². The zero-order valence-electron chi connectivity index (χ0n) is 14.7. The average Bonchev–Trinajstić information content (AvgIpc) is 3.27. The molecule has 0 saturated carbocycles. The van der Waals surface area contributed by atoms with E-state index in [1.807, 2.05) is 13.0 Å². The second kappa shape index (κ2) is 8.16. The van der Waals surface area contributed by atoms with E-state index in [1.54, 1.807) is 6.07 Å². The van der Waals surface area contributed by atoms with Crippen LogP contribution in [-0.4, -0.2) is 51.4 Å². The lowest BCUT2D eigenvalue weighted by Crippen LogP contribution is -2.45. The lowest BCUT2D eigenvalue weighted by atomic mass is 9.98. The van der Waals surface area contributed by atoms with Crippen molar-refractivity contribution in [3.05, 3.63) is 17.0 Å². The number of thiophene rings is 1. The fraction of sp³-hybridized carbons (Fsp3) is 0.706. The van der Waals surface area contributed by atoms with Crippen molar-refractivity contribution in [3.8, 4) is 0 Å². The molecule has 3 heterocycles. The summed E-state index contributed by atoms with van der Waals surface area (Å²) in [6, 6.07) is 3.48. The van der Waals surface area contributed by atoms with Gasteiger partial charge in [0.05, 0.1) is 5.92 Å². The Morgan fingerprint density at radius 2 is 2.24 bits per heavy atom. The Labute approximate surface area is 154 Å². The number of nitrogens with one attached hydrogen (secondary N) is 2. The van der Waals surface area contributed by atoms with Crippen molar-refractivity contribution in [2.45, 2.75) is 36.8 Å². The minimum Gasteiger partial charge on any atom is -0.356 e. The van der Waals surface area contributed by atoms with Crippen LogP contribution in [0.25, 0.3) is 0 Å². The number of carbonyl (C=O) groups excluding carboxylic acids is 1. The molecule has 2 unspecified atom stereocenters. The number of hydrogen-bond acceptors (Lipinski definition) is 5. The zero-order chi connectivity index (χ0) is 17.9. The highest BCUT2D eigenvalue weighted by Crippen LogP contribution is 2.28. The number of rotatable bonds is 6. The van der Waals surface area contributed by atoms with E-state index in [0.29, 0.717) is 23.2 Å². The molecule has 0 radical (unpaired) electrons. The van der Waals surface area contributed by atoms with Crippen molar-refractivity contribution in [1.82, 2.24) is 14.9 Å². The predicted octanol–water partition coefficient (Wildman–Crippen LogP) is 1.57. The van der Waals surface area contributed by atoms with Gasteiger partial charge in [-0.15, -0.1) is 11.3 Å². The van der Waals surface area contributed by atoms with E-state index in [2.05, 4.69) is 10.6 Å². The molecule has 2 atom stereocenters. The van der Waals surface area contributed by atoms with Gasteiger partial charge >= 0.3 is 0 Å². The molecule has 25 heavy (non-hydrogen) atoms. The maximum atomic E-state index is 12.8. The minimum atomic E-state index is -3.48. The van der Waals surface area contributed by atoms with Crippen LogP contribution in [0, 0.1) is 18.8 Å². The maximum absolute atomic E-state index is 12.8. The summed E-state index contributed by atoms with van der Waals surface area (Å²) in [5.41, 5.74) is 0. The van der Waals surface area contributed by atoms with E-state index in [0.717, 1.165) is 37.2 Å². The highest BCUT2D eigenvalue weighted by Gasteiger charge is 2.33. The van der Waals surface area contributed by atoms with Crippen molar-refractivity contribution >= 4 is 27.3 Å². The third-order valence-corrected chi connectivity index (χ3v) is 8.41. The van der Waals surface area contributed by atoms with Gasteiger partial charge in [0.2, 0.25) is 5.91 Å². The van der Waals surface area contributed by atoms with Gasteiger partial charge in [-0.05, 0) is 63.7 Å². The van der Waals surface area contributed by atoms with Crippen LogP contribution in [0.15, 0.2) is 16.3 Å². The summed E-state index contributed by atoms with van der Waals surface area (Å²) < 4.78 is 27.4. The molecule has 1 amide bonds. The number of piperidine rings is 1. The Balaban J connectivity index is 1.54. The van der Waals surface area contributed by atoms with Gasteiger partial charge in [0.25, 0.3) is 10.0 Å². The van der Waals surface area contributed by atoms with Gasteiger partial charge in [-0.1, -0.05) is 0 Å². The van der Waals surface area contributed by atoms with E-state index in [-0.39, 0.29) is 18.4 Å². The molecule has 0 aromatic carbocycles. The van der Waals surface area contributed by atoms with Gasteiger partial charge in [-0.25, -0.2) is 8.42 Å². The molecule has 2 aliphatic heterocycles. The molecule has 3 rings (SSSR count). The van der Waals surface area contributed by atoms with Crippen LogP contribution in [0.3, 0.4) is 0 Å². The van der Waals surface area contributed by atoms with Crippen LogP contribution in [0.1, 0.15) is 30.6 Å². The molecule has 1 aromatic heterocycles. The third-order valence-electron chi connectivity index (χ3n) is 5.08. The molecule has 0 aliphatic carbocycles. The highest BCUT2D eigenvalue weighted by atomic mass is 32.2. The molecular weight excluding hydrogens is 358 g/mol. The normalized spacial score (nSPS) is 25.2. The van der Waals surface area contributed by atoms with Crippen LogP contribution >= 0.6 is 11.3 Å². The summed E-state index contributed by atoms with van der Waals surface area (Å²) in [7, 11) is -3.48. The summed E-state index contributed by atoms with van der Waals surface area (Å²) in [5, 5.41) is 6.34. The third kappa shape index (κ3) is 4.61. The highest BCUT2D eigenvalue weighted by molar-refractivity contribution is 7.91.